The lowest BCUT2D eigenvalue weighted by Crippen LogP contribution is -2.58. The summed E-state index contributed by atoms with van der Waals surface area (Å²) in [6.07, 6.45) is -11.1. The Kier molecular flexibility index (Phi) is 4.47. The van der Waals surface area contributed by atoms with E-state index < -0.39 is 29.7 Å². The van der Waals surface area contributed by atoms with Crippen molar-refractivity contribution >= 4 is 5.91 Å². The minimum Gasteiger partial charge on any atom is -0.353 e. The Morgan fingerprint density at radius 3 is 1.71 bits per heavy atom. The number of hydrogen-bond donors (Lipinski definition) is 1. The van der Waals surface area contributed by atoms with Crippen LogP contribution < -0.4 is 5.32 Å². The summed E-state index contributed by atoms with van der Waals surface area (Å²) in [6, 6.07) is -0.758. The van der Waals surface area contributed by atoms with Crippen LogP contribution in [0.1, 0.15) is 27.2 Å². The van der Waals surface area contributed by atoms with Crippen LogP contribution in [0.3, 0.4) is 0 Å². The van der Waals surface area contributed by atoms with Gasteiger partial charge in [-0.25, -0.2) is 0 Å². The van der Waals surface area contributed by atoms with Crippen molar-refractivity contribution in [1.29, 1.82) is 0 Å². The lowest BCUT2D eigenvalue weighted by atomic mass is 9.87. The van der Waals surface area contributed by atoms with Crippen LogP contribution in [0.25, 0.3) is 0 Å². The van der Waals surface area contributed by atoms with Gasteiger partial charge in [-0.15, -0.1) is 0 Å². The zero-order valence-electron chi connectivity index (χ0n) is 9.46. The molecule has 0 aromatic rings. The highest BCUT2D eigenvalue weighted by Gasteiger charge is 2.72. The molecule has 0 aliphatic rings. The fourth-order valence-electron chi connectivity index (χ4n) is 0.888. The molecule has 1 N–H and O–H groups in total. The fourth-order valence-corrected chi connectivity index (χ4v) is 0.888. The predicted octanol–water partition coefficient (Wildman–Crippen LogP) is 3.03. The van der Waals surface area contributed by atoms with E-state index in [-0.39, 0.29) is 13.3 Å². The number of nitrogens with one attached hydrogen (secondary N) is 1. The average molecular weight is 265 g/mol. The van der Waals surface area contributed by atoms with E-state index in [1.807, 2.05) is 0 Å². The predicted molar refractivity (Wildman–Crippen MR) is 48.1 cm³/mol. The first kappa shape index (κ1) is 16.1. The quantitative estimate of drug-likeness (QED) is 0.781. The highest BCUT2D eigenvalue weighted by atomic mass is 19.4. The summed E-state index contributed by atoms with van der Waals surface area (Å²) in [7, 11) is 0. The molecule has 0 heterocycles. The third-order valence-electron chi connectivity index (χ3n) is 2.58. The Hall–Kier alpha value is -0.950. The van der Waals surface area contributed by atoms with Gasteiger partial charge >= 0.3 is 12.4 Å². The molecule has 1 atom stereocenters. The summed E-state index contributed by atoms with van der Waals surface area (Å²) in [4.78, 5) is 11.2. The summed E-state index contributed by atoms with van der Waals surface area (Å²) < 4.78 is 74.5. The van der Waals surface area contributed by atoms with Crippen molar-refractivity contribution in [1.82, 2.24) is 5.32 Å². The van der Waals surface area contributed by atoms with Crippen LogP contribution in [0.2, 0.25) is 0 Å². The van der Waals surface area contributed by atoms with Crippen LogP contribution in [-0.4, -0.2) is 24.3 Å². The molecule has 0 aromatic carbocycles. The molecule has 2 nitrogen and oxygen atoms in total. The SMILES string of the molecule is CC[C@H](C)NC(=O)C(C)(C(F)(F)F)C(F)(F)F. The molecule has 0 aromatic heterocycles. The molecular formula is C9H13F6NO. The normalized spacial score (nSPS) is 15.6. The zero-order chi connectivity index (χ0) is 14.1. The first-order valence-electron chi connectivity index (χ1n) is 4.82. The van der Waals surface area contributed by atoms with Crippen molar-refractivity contribution in [2.24, 2.45) is 5.41 Å². The zero-order valence-corrected chi connectivity index (χ0v) is 9.46. The van der Waals surface area contributed by atoms with E-state index in [1.165, 1.54) is 13.8 Å². The molecule has 0 spiro atoms. The van der Waals surface area contributed by atoms with Crippen molar-refractivity contribution in [2.45, 2.75) is 45.6 Å². The van der Waals surface area contributed by atoms with Crippen LogP contribution in [-0.2, 0) is 4.79 Å². The molecule has 0 fully saturated rings. The lowest BCUT2D eigenvalue weighted by Gasteiger charge is -2.33. The summed E-state index contributed by atoms with van der Waals surface area (Å²) in [5, 5.41) is 1.70. The Morgan fingerprint density at radius 2 is 1.47 bits per heavy atom. The van der Waals surface area contributed by atoms with Gasteiger partial charge in [0.25, 0.3) is 0 Å². The van der Waals surface area contributed by atoms with E-state index in [4.69, 9.17) is 0 Å². The molecule has 0 aliphatic heterocycles. The number of hydrogen-bond acceptors (Lipinski definition) is 1. The van der Waals surface area contributed by atoms with E-state index in [9.17, 15) is 31.1 Å². The molecule has 17 heavy (non-hydrogen) atoms. The average Bonchev–Trinajstić information content (AvgIpc) is 2.12. The van der Waals surface area contributed by atoms with Crippen LogP contribution in [0.5, 0.6) is 0 Å². The van der Waals surface area contributed by atoms with Gasteiger partial charge in [-0.3, -0.25) is 4.79 Å². The Bertz CT molecular complexity index is 268. The van der Waals surface area contributed by atoms with Gasteiger partial charge in [0.15, 0.2) is 0 Å². The van der Waals surface area contributed by atoms with E-state index >= 15 is 0 Å². The molecule has 0 aliphatic carbocycles. The minimum atomic E-state index is -5.69. The second-order valence-corrected chi connectivity index (χ2v) is 3.90. The number of alkyl halides is 6. The second-order valence-electron chi connectivity index (χ2n) is 3.90. The third-order valence-corrected chi connectivity index (χ3v) is 2.58. The molecule has 0 rings (SSSR count). The van der Waals surface area contributed by atoms with Crippen LogP contribution >= 0.6 is 0 Å². The smallest absolute Gasteiger partial charge is 0.353 e. The summed E-state index contributed by atoms with van der Waals surface area (Å²) >= 11 is 0. The van der Waals surface area contributed by atoms with E-state index in [0.29, 0.717) is 0 Å². The first-order valence-corrected chi connectivity index (χ1v) is 4.82. The van der Waals surface area contributed by atoms with Crippen LogP contribution in [0.4, 0.5) is 26.3 Å². The van der Waals surface area contributed by atoms with Gasteiger partial charge in [-0.2, -0.15) is 26.3 Å². The maximum Gasteiger partial charge on any atom is 0.411 e. The molecule has 0 saturated heterocycles. The van der Waals surface area contributed by atoms with Crippen LogP contribution in [0.15, 0.2) is 0 Å². The summed E-state index contributed by atoms with van der Waals surface area (Å²) in [5.41, 5.74) is -4.39. The molecule has 0 radical (unpaired) electrons. The maximum atomic E-state index is 12.4. The van der Waals surface area contributed by atoms with Gasteiger partial charge in [0, 0.05) is 6.04 Å². The van der Waals surface area contributed by atoms with Crippen molar-refractivity contribution in [2.75, 3.05) is 0 Å². The topological polar surface area (TPSA) is 29.1 Å². The highest BCUT2D eigenvalue weighted by molar-refractivity contribution is 5.84. The summed E-state index contributed by atoms with van der Waals surface area (Å²) in [6.45, 7) is 2.69. The number of carbonyl (C=O) groups is 1. The molecule has 8 heteroatoms. The van der Waals surface area contributed by atoms with Gasteiger partial charge in [0.1, 0.15) is 0 Å². The van der Waals surface area contributed by atoms with Crippen molar-refractivity contribution in [3.8, 4) is 0 Å². The van der Waals surface area contributed by atoms with E-state index in [1.54, 1.807) is 5.32 Å². The number of rotatable bonds is 3. The van der Waals surface area contributed by atoms with Gasteiger partial charge in [0.05, 0.1) is 0 Å². The number of amides is 1. The molecule has 102 valence electrons. The third kappa shape index (κ3) is 3.04. The Labute approximate surface area is 94.4 Å². The molecule has 0 bridgehead atoms. The fraction of sp³-hybridized carbons (Fsp3) is 0.889. The highest BCUT2D eigenvalue weighted by Crippen LogP contribution is 2.50. The summed E-state index contributed by atoms with van der Waals surface area (Å²) in [5.74, 6) is -2.08. The molecular weight excluding hydrogens is 252 g/mol. The van der Waals surface area contributed by atoms with Gasteiger partial charge < -0.3 is 5.32 Å². The van der Waals surface area contributed by atoms with Crippen LogP contribution in [0, 0.1) is 5.41 Å². The molecule has 0 unspecified atom stereocenters. The van der Waals surface area contributed by atoms with Crippen molar-refractivity contribution in [3.63, 3.8) is 0 Å². The molecule has 1 amide bonds. The van der Waals surface area contributed by atoms with Gasteiger partial charge in [-0.05, 0) is 20.3 Å². The lowest BCUT2D eigenvalue weighted by molar-refractivity contribution is -0.319. The number of carbonyl (C=O) groups excluding carboxylic acids is 1. The minimum absolute atomic E-state index is 0.162. The maximum absolute atomic E-state index is 12.4. The number of halogens is 6. The Morgan fingerprint density at radius 1 is 1.12 bits per heavy atom. The van der Waals surface area contributed by atoms with Crippen molar-refractivity contribution < 1.29 is 31.1 Å². The van der Waals surface area contributed by atoms with Gasteiger partial charge in [0.2, 0.25) is 11.3 Å². The Balaban J connectivity index is 5.30. The standard InChI is InChI=1S/C9H13F6NO/c1-4-5(2)16-6(17)7(3,8(10,11)12)9(13,14)15/h5H,4H2,1-3H3,(H,16,17)/t5-/m0/s1. The monoisotopic (exact) mass is 265 g/mol. The van der Waals surface area contributed by atoms with E-state index in [2.05, 4.69) is 0 Å². The first-order chi connectivity index (χ1) is 7.38. The van der Waals surface area contributed by atoms with Crippen molar-refractivity contribution in [3.05, 3.63) is 0 Å². The largest absolute Gasteiger partial charge is 0.411 e. The van der Waals surface area contributed by atoms with E-state index in [0.717, 1.165) is 0 Å². The molecule has 0 saturated carbocycles. The second kappa shape index (κ2) is 4.73. The van der Waals surface area contributed by atoms with Gasteiger partial charge in [-0.1, -0.05) is 6.92 Å².